The highest BCUT2D eigenvalue weighted by molar-refractivity contribution is 5.77. The molecule has 0 rings (SSSR count). The summed E-state index contributed by atoms with van der Waals surface area (Å²) in [4.78, 5) is 21.7. The quantitative estimate of drug-likeness (QED) is 0.484. The van der Waals surface area contributed by atoms with Crippen LogP contribution >= 0.6 is 0 Å². The summed E-state index contributed by atoms with van der Waals surface area (Å²) in [6.07, 6.45) is 2.09. The van der Waals surface area contributed by atoms with Gasteiger partial charge in [-0.25, -0.2) is 0 Å². The van der Waals surface area contributed by atoms with Gasteiger partial charge in [0.05, 0.1) is 6.54 Å². The molecule has 0 saturated carbocycles. The summed E-state index contributed by atoms with van der Waals surface area (Å²) in [5, 5.41) is 8.37. The van der Waals surface area contributed by atoms with Crippen molar-refractivity contribution < 1.29 is 9.59 Å². The van der Waals surface area contributed by atoms with E-state index in [9.17, 15) is 9.59 Å². The molecule has 0 aliphatic heterocycles. The van der Waals surface area contributed by atoms with Gasteiger partial charge < -0.3 is 16.0 Å². The van der Waals surface area contributed by atoms with Crippen LogP contribution in [-0.2, 0) is 9.59 Å². The molecule has 0 spiro atoms. The first-order chi connectivity index (χ1) is 7.16. The van der Waals surface area contributed by atoms with Crippen LogP contribution in [0.5, 0.6) is 0 Å². The Kier molecular flexibility index (Phi) is 8.76. The molecule has 0 radical (unpaired) electrons. The van der Waals surface area contributed by atoms with Crippen LogP contribution in [0.25, 0.3) is 0 Å². The number of amides is 2. The van der Waals surface area contributed by atoms with Crippen molar-refractivity contribution in [1.29, 1.82) is 0 Å². The van der Waals surface area contributed by atoms with Gasteiger partial charge in [-0.05, 0) is 6.42 Å². The molecule has 88 valence electrons. The average Bonchev–Trinajstić information content (AvgIpc) is 2.17. The third kappa shape index (κ3) is 10.8. The first kappa shape index (κ1) is 13.9. The maximum atomic E-state index is 11.2. The van der Waals surface area contributed by atoms with E-state index in [1.807, 2.05) is 0 Å². The van der Waals surface area contributed by atoms with Crippen molar-refractivity contribution in [3.8, 4) is 0 Å². The van der Waals surface area contributed by atoms with Crippen LogP contribution < -0.4 is 16.0 Å². The SMILES string of the molecule is CCCCNC(=O)CNCCNC(C)=O. The highest BCUT2D eigenvalue weighted by atomic mass is 16.2. The third-order valence-electron chi connectivity index (χ3n) is 1.81. The van der Waals surface area contributed by atoms with Gasteiger partial charge in [0.1, 0.15) is 0 Å². The third-order valence-corrected chi connectivity index (χ3v) is 1.81. The molecule has 3 N–H and O–H groups in total. The molecule has 0 saturated heterocycles. The number of rotatable bonds is 8. The fraction of sp³-hybridized carbons (Fsp3) is 0.800. The molecule has 0 aromatic carbocycles. The van der Waals surface area contributed by atoms with Gasteiger partial charge in [-0.2, -0.15) is 0 Å². The fourth-order valence-electron chi connectivity index (χ4n) is 0.996. The van der Waals surface area contributed by atoms with Gasteiger partial charge in [-0.3, -0.25) is 9.59 Å². The van der Waals surface area contributed by atoms with Gasteiger partial charge in [0.25, 0.3) is 0 Å². The number of carbonyl (C=O) groups is 2. The molecule has 0 aliphatic carbocycles. The molecule has 0 aliphatic rings. The van der Waals surface area contributed by atoms with E-state index in [2.05, 4.69) is 22.9 Å². The highest BCUT2D eigenvalue weighted by Gasteiger charge is 1.98. The summed E-state index contributed by atoms with van der Waals surface area (Å²) >= 11 is 0. The van der Waals surface area contributed by atoms with Crippen LogP contribution in [0.1, 0.15) is 26.7 Å². The Morgan fingerprint density at radius 1 is 1.07 bits per heavy atom. The lowest BCUT2D eigenvalue weighted by molar-refractivity contribution is -0.120. The van der Waals surface area contributed by atoms with E-state index in [1.54, 1.807) is 0 Å². The van der Waals surface area contributed by atoms with E-state index in [0.29, 0.717) is 19.6 Å². The van der Waals surface area contributed by atoms with Crippen molar-refractivity contribution in [1.82, 2.24) is 16.0 Å². The van der Waals surface area contributed by atoms with Gasteiger partial charge in [-0.1, -0.05) is 13.3 Å². The fourth-order valence-corrected chi connectivity index (χ4v) is 0.996. The number of unbranched alkanes of at least 4 members (excludes halogenated alkanes) is 1. The molecule has 0 fully saturated rings. The Balaban J connectivity index is 3.20. The molecule has 5 heteroatoms. The van der Waals surface area contributed by atoms with E-state index < -0.39 is 0 Å². The summed E-state index contributed by atoms with van der Waals surface area (Å²) in [6, 6.07) is 0. The van der Waals surface area contributed by atoms with E-state index in [4.69, 9.17) is 0 Å². The molecular weight excluding hydrogens is 194 g/mol. The second-order valence-corrected chi connectivity index (χ2v) is 3.36. The van der Waals surface area contributed by atoms with Crippen molar-refractivity contribution in [3.05, 3.63) is 0 Å². The molecule has 0 heterocycles. The summed E-state index contributed by atoms with van der Waals surface area (Å²) in [6.45, 7) is 5.76. The second-order valence-electron chi connectivity index (χ2n) is 3.36. The first-order valence-corrected chi connectivity index (χ1v) is 5.38. The summed E-state index contributed by atoms with van der Waals surface area (Å²) in [5.41, 5.74) is 0. The Morgan fingerprint density at radius 2 is 1.80 bits per heavy atom. The van der Waals surface area contributed by atoms with Crippen LogP contribution in [0.3, 0.4) is 0 Å². The number of hydrogen-bond acceptors (Lipinski definition) is 3. The lowest BCUT2D eigenvalue weighted by Crippen LogP contribution is -2.37. The van der Waals surface area contributed by atoms with Crippen LogP contribution in [0, 0.1) is 0 Å². The number of nitrogens with one attached hydrogen (secondary N) is 3. The largest absolute Gasteiger partial charge is 0.355 e. The lowest BCUT2D eigenvalue weighted by atomic mass is 10.3. The molecule has 0 atom stereocenters. The zero-order chi connectivity index (χ0) is 11.5. The van der Waals surface area contributed by atoms with Crippen molar-refractivity contribution in [2.75, 3.05) is 26.2 Å². The van der Waals surface area contributed by atoms with Crippen molar-refractivity contribution in [2.45, 2.75) is 26.7 Å². The molecule has 0 bridgehead atoms. The predicted molar refractivity (Wildman–Crippen MR) is 59.5 cm³/mol. The topological polar surface area (TPSA) is 70.2 Å². The molecule has 0 unspecified atom stereocenters. The number of hydrogen-bond donors (Lipinski definition) is 3. The van der Waals surface area contributed by atoms with E-state index >= 15 is 0 Å². The highest BCUT2D eigenvalue weighted by Crippen LogP contribution is 1.81. The predicted octanol–water partition coefficient (Wildman–Crippen LogP) is -0.372. The summed E-state index contributed by atoms with van der Waals surface area (Å²) in [5.74, 6) is -0.0459. The van der Waals surface area contributed by atoms with Crippen molar-refractivity contribution in [2.24, 2.45) is 0 Å². The Hall–Kier alpha value is -1.10. The van der Waals surface area contributed by atoms with Gasteiger partial charge >= 0.3 is 0 Å². The monoisotopic (exact) mass is 215 g/mol. The lowest BCUT2D eigenvalue weighted by Gasteiger charge is -2.06. The average molecular weight is 215 g/mol. The van der Waals surface area contributed by atoms with Crippen LogP contribution in [-0.4, -0.2) is 38.0 Å². The molecular formula is C10H21N3O2. The summed E-state index contributed by atoms with van der Waals surface area (Å²) < 4.78 is 0. The maximum absolute atomic E-state index is 11.2. The molecule has 0 aromatic heterocycles. The smallest absolute Gasteiger partial charge is 0.233 e. The normalized spacial score (nSPS) is 9.73. The minimum Gasteiger partial charge on any atom is -0.355 e. The van der Waals surface area contributed by atoms with E-state index in [-0.39, 0.29) is 11.8 Å². The standard InChI is InChI=1S/C10H21N3O2/c1-3-4-5-13-10(15)8-11-6-7-12-9(2)14/h11H,3-8H2,1-2H3,(H,12,14)(H,13,15). The number of carbonyl (C=O) groups excluding carboxylic acids is 2. The van der Waals surface area contributed by atoms with E-state index in [1.165, 1.54) is 6.92 Å². The zero-order valence-electron chi connectivity index (χ0n) is 9.56. The molecule has 5 nitrogen and oxygen atoms in total. The minimum atomic E-state index is -0.0517. The van der Waals surface area contributed by atoms with Crippen molar-refractivity contribution >= 4 is 11.8 Å². The van der Waals surface area contributed by atoms with Crippen molar-refractivity contribution in [3.63, 3.8) is 0 Å². The van der Waals surface area contributed by atoms with Gasteiger partial charge in [0, 0.05) is 26.6 Å². The van der Waals surface area contributed by atoms with Gasteiger partial charge in [-0.15, -0.1) is 0 Å². The van der Waals surface area contributed by atoms with E-state index in [0.717, 1.165) is 19.4 Å². The Bertz CT molecular complexity index is 195. The minimum absolute atomic E-state index is 0.00581. The van der Waals surface area contributed by atoms with Gasteiger partial charge in [0.2, 0.25) is 11.8 Å². The van der Waals surface area contributed by atoms with Crippen LogP contribution in [0.2, 0.25) is 0 Å². The Labute approximate surface area is 91.0 Å². The second kappa shape index (κ2) is 9.45. The Morgan fingerprint density at radius 3 is 2.40 bits per heavy atom. The van der Waals surface area contributed by atoms with Crippen LogP contribution in [0.15, 0.2) is 0 Å². The molecule has 0 aromatic rings. The maximum Gasteiger partial charge on any atom is 0.233 e. The first-order valence-electron chi connectivity index (χ1n) is 5.38. The molecule has 15 heavy (non-hydrogen) atoms. The summed E-state index contributed by atoms with van der Waals surface area (Å²) in [7, 11) is 0. The van der Waals surface area contributed by atoms with Gasteiger partial charge in [0.15, 0.2) is 0 Å². The molecule has 2 amide bonds. The van der Waals surface area contributed by atoms with Crippen LogP contribution in [0.4, 0.5) is 0 Å². The zero-order valence-corrected chi connectivity index (χ0v) is 9.56.